The summed E-state index contributed by atoms with van der Waals surface area (Å²) >= 11 is 0. The van der Waals surface area contributed by atoms with Crippen molar-refractivity contribution in [3.05, 3.63) is 54.1 Å². The fourth-order valence-electron chi connectivity index (χ4n) is 5.41. The number of nitrogens with two attached hydrogens (primary N) is 1. The molecule has 2 aliphatic rings. The van der Waals surface area contributed by atoms with Gasteiger partial charge < -0.3 is 10.1 Å². The summed E-state index contributed by atoms with van der Waals surface area (Å²) in [6, 6.07) is 14.4. The Morgan fingerprint density at radius 1 is 0.950 bits per heavy atom. The molecule has 8 nitrogen and oxygen atoms in total. The number of piperazine rings is 1. The molecule has 1 saturated heterocycles. The van der Waals surface area contributed by atoms with E-state index in [0.29, 0.717) is 17.5 Å². The van der Waals surface area contributed by atoms with Gasteiger partial charge in [0.2, 0.25) is 15.9 Å². The van der Waals surface area contributed by atoms with Crippen LogP contribution in [0, 0.1) is 0 Å². The van der Waals surface area contributed by atoms with Gasteiger partial charge in [-0.15, -0.1) is 24.8 Å². The van der Waals surface area contributed by atoms with Crippen molar-refractivity contribution in [3.8, 4) is 11.5 Å². The molecule has 224 valence electrons. The Labute approximate surface area is 251 Å². The molecule has 0 radical (unpaired) electrons. The highest BCUT2D eigenvalue weighted by atomic mass is 35.5. The van der Waals surface area contributed by atoms with E-state index in [1.807, 2.05) is 12.1 Å². The van der Waals surface area contributed by atoms with E-state index < -0.39 is 10.0 Å². The molecule has 1 unspecified atom stereocenters. The summed E-state index contributed by atoms with van der Waals surface area (Å²) in [6.45, 7) is 6.73. The average molecular weight is 616 g/mol. The van der Waals surface area contributed by atoms with Crippen molar-refractivity contribution in [3.63, 3.8) is 0 Å². The quantitative estimate of drug-likeness (QED) is 0.365. The fourth-order valence-corrected chi connectivity index (χ4v) is 5.92. The highest BCUT2D eigenvalue weighted by Gasteiger charge is 2.30. The first kappa shape index (κ1) is 34.3. The zero-order valence-electron chi connectivity index (χ0n) is 23.3. The van der Waals surface area contributed by atoms with E-state index in [1.54, 1.807) is 12.1 Å². The van der Waals surface area contributed by atoms with Crippen LogP contribution in [0.1, 0.15) is 63.9 Å². The van der Waals surface area contributed by atoms with Crippen LogP contribution in [-0.2, 0) is 21.4 Å². The van der Waals surface area contributed by atoms with Crippen LogP contribution >= 0.6 is 24.8 Å². The summed E-state index contributed by atoms with van der Waals surface area (Å²) < 4.78 is 28.7. The summed E-state index contributed by atoms with van der Waals surface area (Å²) in [5, 5.41) is 8.52. The minimum atomic E-state index is -3.72. The second kappa shape index (κ2) is 16.5. The number of ether oxygens (including phenoxy) is 1. The number of rotatable bonds is 11. The predicted molar refractivity (Wildman–Crippen MR) is 164 cm³/mol. The molecule has 0 aromatic heterocycles. The molecule has 4 rings (SSSR count). The number of halogens is 2. The van der Waals surface area contributed by atoms with Gasteiger partial charge in [-0.25, -0.2) is 13.6 Å². The largest absolute Gasteiger partial charge is 0.457 e. The van der Waals surface area contributed by atoms with Gasteiger partial charge in [0, 0.05) is 38.8 Å². The van der Waals surface area contributed by atoms with Crippen molar-refractivity contribution < 1.29 is 17.9 Å². The van der Waals surface area contributed by atoms with Gasteiger partial charge in [0.05, 0.1) is 10.9 Å². The van der Waals surface area contributed by atoms with Gasteiger partial charge in [-0.3, -0.25) is 14.6 Å². The number of nitrogens with one attached hydrogen (secondary N) is 1. The third kappa shape index (κ3) is 10.2. The van der Waals surface area contributed by atoms with E-state index in [1.165, 1.54) is 37.0 Å². The molecular weight excluding hydrogens is 571 g/mol. The van der Waals surface area contributed by atoms with Crippen LogP contribution < -0.4 is 15.2 Å². The number of carbonyl (C=O) groups is 1. The van der Waals surface area contributed by atoms with Gasteiger partial charge in [-0.1, -0.05) is 51.2 Å². The smallest absolute Gasteiger partial charge is 0.238 e. The molecular formula is C29H44Cl2N4O4S. The van der Waals surface area contributed by atoms with E-state index in [2.05, 4.69) is 34.2 Å². The number of benzene rings is 2. The van der Waals surface area contributed by atoms with Crippen molar-refractivity contribution in [2.24, 2.45) is 5.14 Å². The molecule has 1 saturated carbocycles. The highest BCUT2D eigenvalue weighted by Crippen LogP contribution is 2.24. The van der Waals surface area contributed by atoms with E-state index in [0.717, 1.165) is 64.8 Å². The van der Waals surface area contributed by atoms with Crippen LogP contribution in [0.4, 0.5) is 0 Å². The van der Waals surface area contributed by atoms with Gasteiger partial charge in [0.15, 0.2) is 0 Å². The van der Waals surface area contributed by atoms with Gasteiger partial charge in [0.25, 0.3) is 0 Å². The third-order valence-corrected chi connectivity index (χ3v) is 8.58. The van der Waals surface area contributed by atoms with E-state index >= 15 is 0 Å². The number of carbonyl (C=O) groups excluding carboxylic acids is 1. The van der Waals surface area contributed by atoms with Gasteiger partial charge in [-0.05, 0) is 61.2 Å². The number of hydrogen-bond acceptors (Lipinski definition) is 6. The Morgan fingerprint density at radius 3 is 2.08 bits per heavy atom. The molecule has 2 aromatic rings. The fraction of sp³-hybridized carbons (Fsp3) is 0.552. The minimum Gasteiger partial charge on any atom is -0.457 e. The summed E-state index contributed by atoms with van der Waals surface area (Å²) in [5.41, 5.74) is 1.20. The van der Waals surface area contributed by atoms with Crippen LogP contribution in [0.2, 0.25) is 0 Å². The highest BCUT2D eigenvalue weighted by molar-refractivity contribution is 7.89. The Bertz CT molecular complexity index is 1140. The van der Waals surface area contributed by atoms with E-state index in [9.17, 15) is 13.2 Å². The number of sulfonamides is 1. The molecule has 1 atom stereocenters. The Hall–Kier alpha value is -1.88. The molecule has 3 N–H and O–H groups in total. The number of amides is 1. The molecule has 0 bridgehead atoms. The lowest BCUT2D eigenvalue weighted by Crippen LogP contribution is -2.56. The summed E-state index contributed by atoms with van der Waals surface area (Å²) in [7, 11) is -3.72. The van der Waals surface area contributed by atoms with Crippen molar-refractivity contribution in [1.82, 2.24) is 15.1 Å². The molecule has 1 aliphatic carbocycles. The number of unbranched alkanes of at least 4 members (excludes halogenated alkanes) is 1. The van der Waals surface area contributed by atoms with Crippen LogP contribution in [0.25, 0.3) is 0 Å². The summed E-state index contributed by atoms with van der Waals surface area (Å²) in [4.78, 5) is 18.1. The zero-order valence-corrected chi connectivity index (χ0v) is 25.7. The van der Waals surface area contributed by atoms with E-state index in [-0.39, 0.29) is 41.7 Å². The molecule has 1 amide bonds. The molecule has 2 aromatic carbocycles. The lowest BCUT2D eigenvalue weighted by atomic mass is 9.95. The Morgan fingerprint density at radius 2 is 1.52 bits per heavy atom. The number of hydrogen-bond donors (Lipinski definition) is 2. The maximum absolute atomic E-state index is 13.2. The second-order valence-electron chi connectivity index (χ2n) is 10.6. The van der Waals surface area contributed by atoms with Crippen LogP contribution in [-0.4, -0.2) is 62.4 Å². The summed E-state index contributed by atoms with van der Waals surface area (Å²) in [5.74, 6) is 1.46. The Balaban J connectivity index is 0.00000280. The lowest BCUT2D eigenvalue weighted by Gasteiger charge is -2.39. The SMILES string of the molecule is CCCCC(C(=O)NC1CCCCC1)N1CCN(Cc2ccc(Oc3ccc(S(N)(=O)=O)cc3)cc2)CC1.Cl.Cl. The second-order valence-corrected chi connectivity index (χ2v) is 12.1. The first-order chi connectivity index (χ1) is 18.3. The van der Waals surface area contributed by atoms with Crippen molar-refractivity contribution in [1.29, 1.82) is 0 Å². The van der Waals surface area contributed by atoms with Gasteiger partial charge in [-0.2, -0.15) is 0 Å². The molecule has 40 heavy (non-hydrogen) atoms. The summed E-state index contributed by atoms with van der Waals surface area (Å²) in [6.07, 6.45) is 9.10. The lowest BCUT2D eigenvalue weighted by molar-refractivity contribution is -0.128. The number of primary sulfonamides is 1. The molecule has 1 heterocycles. The topological polar surface area (TPSA) is 105 Å². The maximum Gasteiger partial charge on any atom is 0.238 e. The van der Waals surface area contributed by atoms with Crippen molar-refractivity contribution >= 4 is 40.7 Å². The van der Waals surface area contributed by atoms with Gasteiger partial charge in [0.1, 0.15) is 11.5 Å². The third-order valence-electron chi connectivity index (χ3n) is 7.65. The van der Waals surface area contributed by atoms with Gasteiger partial charge >= 0.3 is 0 Å². The molecule has 0 spiro atoms. The van der Waals surface area contributed by atoms with Crippen molar-refractivity contribution in [2.75, 3.05) is 26.2 Å². The normalized spacial score (nSPS) is 17.8. The van der Waals surface area contributed by atoms with E-state index in [4.69, 9.17) is 9.88 Å². The molecule has 1 aliphatic heterocycles. The average Bonchev–Trinajstić information content (AvgIpc) is 2.91. The first-order valence-electron chi connectivity index (χ1n) is 14.0. The minimum absolute atomic E-state index is 0. The molecule has 11 heteroatoms. The zero-order chi connectivity index (χ0) is 27.0. The molecule has 2 fully saturated rings. The number of nitrogens with zero attached hydrogens (tertiary/aromatic N) is 2. The van der Waals surface area contributed by atoms with Crippen LogP contribution in [0.3, 0.4) is 0 Å². The predicted octanol–water partition coefficient (Wildman–Crippen LogP) is 5.10. The standard InChI is InChI=1S/C29H42N4O4S.2ClH/c1-2-3-9-28(29(34)31-24-7-5-4-6-8-24)33-20-18-32(19-21-33)22-23-10-12-25(13-11-23)37-26-14-16-27(17-15-26)38(30,35)36;;/h10-17,24,28H,2-9,18-22H2,1H3,(H,31,34)(H2,30,35,36);2*1H. The monoisotopic (exact) mass is 614 g/mol. The van der Waals surface area contributed by atoms with Crippen LogP contribution in [0.5, 0.6) is 11.5 Å². The first-order valence-corrected chi connectivity index (χ1v) is 15.5. The Kier molecular flexibility index (Phi) is 14.2. The van der Waals surface area contributed by atoms with Crippen molar-refractivity contribution in [2.45, 2.75) is 81.8 Å². The maximum atomic E-state index is 13.2. The van der Waals surface area contributed by atoms with Crippen LogP contribution in [0.15, 0.2) is 53.4 Å².